The van der Waals surface area contributed by atoms with Crippen molar-refractivity contribution in [3.8, 4) is 0 Å². The first-order valence-corrected chi connectivity index (χ1v) is 11.3. The van der Waals surface area contributed by atoms with E-state index < -0.39 is 30.8 Å². The minimum Gasteiger partial charge on any atom is -0.464 e. The summed E-state index contributed by atoms with van der Waals surface area (Å²) in [7, 11) is -1.83. The topological polar surface area (TPSA) is 112 Å². The van der Waals surface area contributed by atoms with E-state index in [9.17, 15) is 19.6 Å². The van der Waals surface area contributed by atoms with Crippen LogP contribution in [0.1, 0.15) is 25.0 Å². The van der Waals surface area contributed by atoms with Gasteiger partial charge >= 0.3 is 7.12 Å². The van der Waals surface area contributed by atoms with Crippen LogP contribution in [-0.4, -0.2) is 34.9 Å². The van der Waals surface area contributed by atoms with Gasteiger partial charge in [0.25, 0.3) is 0 Å². The van der Waals surface area contributed by atoms with Gasteiger partial charge in [-0.05, 0) is 41.7 Å². The summed E-state index contributed by atoms with van der Waals surface area (Å²) in [4.78, 5) is 25.8. The average molecular weight is 491 g/mol. The Kier molecular flexibility index (Phi) is 8.43. The van der Waals surface area contributed by atoms with Gasteiger partial charge in [0.2, 0.25) is 11.8 Å². The molecule has 3 aromatic rings. The lowest BCUT2D eigenvalue weighted by molar-refractivity contribution is -0.137. The van der Waals surface area contributed by atoms with Crippen molar-refractivity contribution < 1.29 is 24.1 Å². The number of hydrogen-bond acceptors (Lipinski definition) is 5. The summed E-state index contributed by atoms with van der Waals surface area (Å²) in [6.07, 6.45) is 1.64. The Balaban J connectivity index is 1.69. The minimum atomic E-state index is -1.83. The molecule has 0 aliphatic rings. The average Bonchev–Trinajstić information content (AvgIpc) is 3.15. The molecule has 1 aromatic heterocycles. The highest BCUT2D eigenvalue weighted by Gasteiger charge is 2.34. The molecule has 7 nitrogen and oxygen atoms in total. The normalized spacial score (nSPS) is 13.1. The molecule has 2 aromatic carbocycles. The molecule has 0 saturated heterocycles. The Bertz CT molecular complexity index is 1130. The predicted octanol–water partition coefficient (Wildman–Crippen LogP) is 3.37. The third-order valence-corrected chi connectivity index (χ3v) is 5.98. The predicted molar refractivity (Wildman–Crippen MR) is 129 cm³/mol. The second-order valence-corrected chi connectivity index (χ2v) is 9.01. The van der Waals surface area contributed by atoms with Crippen LogP contribution in [0.25, 0.3) is 11.0 Å². The molecule has 0 saturated carbocycles. The summed E-state index contributed by atoms with van der Waals surface area (Å²) < 4.78 is 5.49. The third kappa shape index (κ3) is 6.29. The molecule has 0 bridgehead atoms. The largest absolute Gasteiger partial charge is 0.475 e. The van der Waals surface area contributed by atoms with Crippen LogP contribution in [0, 0.1) is 11.8 Å². The van der Waals surface area contributed by atoms with Crippen molar-refractivity contribution in [3.05, 3.63) is 69.9 Å². The zero-order valence-electron chi connectivity index (χ0n) is 18.2. The fourth-order valence-corrected chi connectivity index (χ4v) is 4.09. The summed E-state index contributed by atoms with van der Waals surface area (Å²) in [6.45, 7) is 3.61. The number of benzene rings is 2. The number of carbonyl (C=O) groups excluding carboxylic acids is 2. The molecule has 3 rings (SSSR count). The van der Waals surface area contributed by atoms with Gasteiger partial charge in [0.1, 0.15) is 11.5 Å². The number of fused-ring (bicyclic) bond motifs is 1. The first-order valence-electron chi connectivity index (χ1n) is 10.5. The lowest BCUT2D eigenvalue weighted by atomic mass is 9.75. The maximum Gasteiger partial charge on any atom is 0.475 e. The zero-order chi connectivity index (χ0) is 24.1. The van der Waals surface area contributed by atoms with Crippen LogP contribution in [0.4, 0.5) is 0 Å². The molecule has 2 atom stereocenters. The fraction of sp³-hybridized carbons (Fsp3) is 0.304. The van der Waals surface area contributed by atoms with E-state index in [1.807, 2.05) is 18.2 Å². The molecule has 0 spiro atoms. The minimum absolute atomic E-state index is 0.118. The maximum atomic E-state index is 13.0. The summed E-state index contributed by atoms with van der Waals surface area (Å²) in [5.74, 6) is -3.50. The van der Waals surface area contributed by atoms with Crippen LogP contribution in [0.15, 0.2) is 53.1 Å². The molecule has 0 fully saturated rings. The quantitative estimate of drug-likeness (QED) is 0.271. The van der Waals surface area contributed by atoms with Gasteiger partial charge in [-0.2, -0.15) is 0 Å². The van der Waals surface area contributed by atoms with Gasteiger partial charge in [0.15, 0.2) is 0 Å². The van der Waals surface area contributed by atoms with Crippen molar-refractivity contribution in [2.24, 2.45) is 11.8 Å². The van der Waals surface area contributed by atoms with Gasteiger partial charge in [-0.1, -0.05) is 61.3 Å². The number of amides is 2. The van der Waals surface area contributed by atoms with Gasteiger partial charge < -0.3 is 25.1 Å². The SMILES string of the molecule is CC(C)C(C(=O)NCc1ccc(Cl)cc1Cl)C(=O)NC(Cc1coc2ccccc12)B(O)O. The van der Waals surface area contributed by atoms with Crippen molar-refractivity contribution in [2.75, 3.05) is 0 Å². The monoisotopic (exact) mass is 490 g/mol. The molecule has 0 aliphatic heterocycles. The van der Waals surface area contributed by atoms with Crippen molar-refractivity contribution in [1.29, 1.82) is 0 Å². The third-order valence-electron chi connectivity index (χ3n) is 5.39. The molecule has 174 valence electrons. The number of nitrogens with one attached hydrogen (secondary N) is 2. The van der Waals surface area contributed by atoms with Crippen LogP contribution >= 0.6 is 23.2 Å². The number of carbonyl (C=O) groups is 2. The molecule has 4 N–H and O–H groups in total. The van der Waals surface area contributed by atoms with Crippen LogP contribution in [0.3, 0.4) is 0 Å². The van der Waals surface area contributed by atoms with Crippen LogP contribution in [0.2, 0.25) is 10.0 Å². The van der Waals surface area contributed by atoms with Gasteiger partial charge in [-0.3, -0.25) is 9.59 Å². The smallest absolute Gasteiger partial charge is 0.464 e. The van der Waals surface area contributed by atoms with E-state index in [1.165, 1.54) is 6.26 Å². The first kappa shape index (κ1) is 25.1. The Labute approximate surface area is 202 Å². The molecular formula is C23H25BCl2N2O5. The molecule has 33 heavy (non-hydrogen) atoms. The van der Waals surface area contributed by atoms with Crippen LogP contribution in [0.5, 0.6) is 0 Å². The van der Waals surface area contributed by atoms with Crippen molar-refractivity contribution >= 4 is 53.1 Å². The Hall–Kier alpha value is -2.52. The maximum absolute atomic E-state index is 13.0. The number of furan rings is 1. The summed E-state index contributed by atoms with van der Waals surface area (Å²) in [6, 6.07) is 12.3. The molecule has 0 aliphatic carbocycles. The van der Waals surface area contributed by atoms with E-state index in [4.69, 9.17) is 27.6 Å². The number of rotatable bonds is 9. The summed E-state index contributed by atoms with van der Waals surface area (Å²) in [5.41, 5.74) is 2.03. The highest BCUT2D eigenvalue weighted by Crippen LogP contribution is 2.23. The molecule has 0 radical (unpaired) electrons. The molecule has 10 heteroatoms. The molecule has 1 heterocycles. The number of halogens is 2. The molecule has 2 amide bonds. The van der Waals surface area contributed by atoms with Gasteiger partial charge in [0, 0.05) is 22.0 Å². The fourth-order valence-electron chi connectivity index (χ4n) is 3.61. The number of hydrogen-bond donors (Lipinski definition) is 4. The van der Waals surface area contributed by atoms with Crippen LogP contribution in [-0.2, 0) is 22.6 Å². The van der Waals surface area contributed by atoms with E-state index in [-0.39, 0.29) is 18.9 Å². The standard InChI is InChI=1S/C23H25BCl2N2O5/c1-13(2)21(22(29)27-11-14-7-8-16(25)10-18(14)26)23(30)28-20(24(31)32)9-15-12-33-19-6-4-3-5-17(15)19/h3-8,10,12-13,20-21,31-32H,9,11H2,1-2H3,(H,27,29)(H,28,30). The van der Waals surface area contributed by atoms with Crippen molar-refractivity contribution in [2.45, 2.75) is 32.8 Å². The van der Waals surface area contributed by atoms with E-state index in [1.54, 1.807) is 38.1 Å². The van der Waals surface area contributed by atoms with Gasteiger partial charge in [-0.15, -0.1) is 0 Å². The van der Waals surface area contributed by atoms with E-state index in [2.05, 4.69) is 10.6 Å². The summed E-state index contributed by atoms with van der Waals surface area (Å²) in [5, 5.41) is 26.8. The lowest BCUT2D eigenvalue weighted by Gasteiger charge is -2.24. The van der Waals surface area contributed by atoms with Crippen molar-refractivity contribution in [1.82, 2.24) is 10.6 Å². The highest BCUT2D eigenvalue weighted by atomic mass is 35.5. The second kappa shape index (κ2) is 11.1. The van der Waals surface area contributed by atoms with Crippen molar-refractivity contribution in [3.63, 3.8) is 0 Å². The van der Waals surface area contributed by atoms with E-state index in [0.29, 0.717) is 26.8 Å². The second-order valence-electron chi connectivity index (χ2n) is 8.17. The first-order chi connectivity index (χ1) is 15.7. The summed E-state index contributed by atoms with van der Waals surface area (Å²) >= 11 is 12.1. The Morgan fingerprint density at radius 2 is 1.79 bits per heavy atom. The van der Waals surface area contributed by atoms with Crippen LogP contribution < -0.4 is 10.6 Å². The Morgan fingerprint density at radius 3 is 2.45 bits per heavy atom. The molecule has 2 unspecified atom stereocenters. The highest BCUT2D eigenvalue weighted by molar-refractivity contribution is 6.43. The molecular weight excluding hydrogens is 466 g/mol. The Morgan fingerprint density at radius 1 is 1.06 bits per heavy atom. The van der Waals surface area contributed by atoms with E-state index in [0.717, 1.165) is 5.39 Å². The van der Waals surface area contributed by atoms with Gasteiger partial charge in [-0.25, -0.2) is 0 Å². The number of para-hydroxylation sites is 1. The zero-order valence-corrected chi connectivity index (χ0v) is 19.7. The van der Waals surface area contributed by atoms with E-state index >= 15 is 0 Å². The lowest BCUT2D eigenvalue weighted by Crippen LogP contribution is -2.53. The van der Waals surface area contributed by atoms with Gasteiger partial charge in [0.05, 0.1) is 12.2 Å².